The van der Waals surface area contributed by atoms with Crippen LogP contribution in [0.5, 0.6) is 0 Å². The van der Waals surface area contributed by atoms with E-state index in [-0.39, 0.29) is 24.7 Å². The van der Waals surface area contributed by atoms with Crippen LogP contribution in [-0.2, 0) is 23.8 Å². The highest BCUT2D eigenvalue weighted by atomic mass is 35.5. The molecule has 0 aliphatic heterocycles. The van der Waals surface area contributed by atoms with E-state index >= 15 is 0 Å². The van der Waals surface area contributed by atoms with Gasteiger partial charge in [-0.25, -0.2) is 9.18 Å². The molecule has 138 valence electrons. The fourth-order valence-corrected chi connectivity index (χ4v) is 3.24. The lowest BCUT2D eigenvalue weighted by molar-refractivity contribution is -0.191. The summed E-state index contributed by atoms with van der Waals surface area (Å²) in [7, 11) is 1.54. The Morgan fingerprint density at radius 2 is 2.12 bits per heavy atom. The number of carbonyl (C=O) groups excluding carboxylic acids is 2. The van der Waals surface area contributed by atoms with Gasteiger partial charge < -0.3 is 14.2 Å². The zero-order valence-electron chi connectivity index (χ0n) is 14.3. The van der Waals surface area contributed by atoms with Crippen LogP contribution in [-0.4, -0.2) is 37.4 Å². The molecule has 3 unspecified atom stereocenters. The monoisotopic (exact) mass is 372 g/mol. The van der Waals surface area contributed by atoms with Crippen molar-refractivity contribution in [2.75, 3.05) is 13.7 Å². The van der Waals surface area contributed by atoms with Crippen molar-refractivity contribution in [1.82, 2.24) is 0 Å². The minimum atomic E-state index is -1.45. The third-order valence-electron chi connectivity index (χ3n) is 4.33. The van der Waals surface area contributed by atoms with Gasteiger partial charge in [0.05, 0.1) is 12.7 Å². The second-order valence-corrected chi connectivity index (χ2v) is 6.41. The standard InChI is InChI=1S/C18H22ClFO5/c1-3-24-17(22)18(10-6-7-12(11-18)23-2)25-16(21)15(19)13-8-4-5-9-14(13)20/h4-5,8-9,12,15H,3,6-7,10-11H2,1-2H3. The second-order valence-electron chi connectivity index (χ2n) is 5.97. The van der Waals surface area contributed by atoms with Crippen LogP contribution in [0.4, 0.5) is 4.39 Å². The van der Waals surface area contributed by atoms with E-state index in [2.05, 4.69) is 0 Å². The van der Waals surface area contributed by atoms with E-state index in [0.717, 1.165) is 6.42 Å². The number of ether oxygens (including phenoxy) is 3. The molecule has 25 heavy (non-hydrogen) atoms. The van der Waals surface area contributed by atoms with Crippen molar-refractivity contribution in [1.29, 1.82) is 0 Å². The molecule has 0 radical (unpaired) electrons. The van der Waals surface area contributed by atoms with E-state index < -0.39 is 28.7 Å². The smallest absolute Gasteiger partial charge is 0.350 e. The van der Waals surface area contributed by atoms with Crippen LogP contribution in [0.1, 0.15) is 43.5 Å². The van der Waals surface area contributed by atoms with E-state index in [1.807, 2.05) is 0 Å². The van der Waals surface area contributed by atoms with Gasteiger partial charge in [0.1, 0.15) is 5.82 Å². The summed E-state index contributed by atoms with van der Waals surface area (Å²) in [6, 6.07) is 5.69. The van der Waals surface area contributed by atoms with Crippen molar-refractivity contribution >= 4 is 23.5 Å². The molecule has 5 nitrogen and oxygen atoms in total. The number of alkyl halides is 1. The van der Waals surface area contributed by atoms with Crippen molar-refractivity contribution < 1.29 is 28.2 Å². The van der Waals surface area contributed by atoms with Crippen LogP contribution in [0.3, 0.4) is 0 Å². The first-order valence-electron chi connectivity index (χ1n) is 8.25. The minimum absolute atomic E-state index is 0.00674. The van der Waals surface area contributed by atoms with Crippen molar-refractivity contribution in [3.63, 3.8) is 0 Å². The molecule has 0 N–H and O–H groups in total. The molecular weight excluding hydrogens is 351 g/mol. The SMILES string of the molecule is CCOC(=O)C1(OC(=O)C(Cl)c2ccccc2F)CCCC(OC)C1. The molecule has 7 heteroatoms. The van der Waals surface area contributed by atoms with Gasteiger partial charge in [-0.1, -0.05) is 18.2 Å². The average Bonchev–Trinajstić information content (AvgIpc) is 2.61. The summed E-state index contributed by atoms with van der Waals surface area (Å²) in [6.45, 7) is 1.83. The van der Waals surface area contributed by atoms with Gasteiger partial charge in [-0.2, -0.15) is 0 Å². The van der Waals surface area contributed by atoms with E-state index in [1.54, 1.807) is 13.0 Å². The Labute approximate surface area is 151 Å². The molecule has 1 aliphatic rings. The molecule has 3 atom stereocenters. The molecule has 1 aliphatic carbocycles. The molecule has 0 aromatic heterocycles. The lowest BCUT2D eigenvalue weighted by Gasteiger charge is -2.37. The fraction of sp³-hybridized carbons (Fsp3) is 0.556. The maximum Gasteiger partial charge on any atom is 0.350 e. The fourth-order valence-electron chi connectivity index (χ4n) is 3.02. The predicted molar refractivity (Wildman–Crippen MR) is 89.7 cm³/mol. The van der Waals surface area contributed by atoms with E-state index in [1.165, 1.54) is 25.3 Å². The van der Waals surface area contributed by atoms with Crippen LogP contribution in [0, 0.1) is 5.82 Å². The number of carbonyl (C=O) groups is 2. The van der Waals surface area contributed by atoms with Gasteiger partial charge in [0.2, 0.25) is 5.60 Å². The number of esters is 2. The molecule has 0 bridgehead atoms. The Bertz CT molecular complexity index is 623. The summed E-state index contributed by atoms with van der Waals surface area (Å²) in [5.41, 5.74) is -1.45. The van der Waals surface area contributed by atoms with E-state index in [9.17, 15) is 14.0 Å². The molecule has 2 rings (SSSR count). The summed E-state index contributed by atoms with van der Waals surface area (Å²) in [4.78, 5) is 25.0. The third kappa shape index (κ3) is 4.50. The van der Waals surface area contributed by atoms with E-state index in [0.29, 0.717) is 12.8 Å². The third-order valence-corrected chi connectivity index (χ3v) is 4.74. The van der Waals surface area contributed by atoms with Crippen molar-refractivity contribution in [3.8, 4) is 0 Å². The average molecular weight is 373 g/mol. The van der Waals surface area contributed by atoms with Gasteiger partial charge in [0.25, 0.3) is 0 Å². The lowest BCUT2D eigenvalue weighted by atomic mass is 9.82. The van der Waals surface area contributed by atoms with Gasteiger partial charge in [-0.15, -0.1) is 11.6 Å². The molecule has 1 saturated carbocycles. The van der Waals surface area contributed by atoms with Crippen LogP contribution in [0.15, 0.2) is 24.3 Å². The highest BCUT2D eigenvalue weighted by Gasteiger charge is 2.49. The summed E-state index contributed by atoms with van der Waals surface area (Å²) in [5, 5.41) is -1.35. The first-order chi connectivity index (χ1) is 11.9. The maximum atomic E-state index is 13.9. The Hall–Kier alpha value is -1.66. The highest BCUT2D eigenvalue weighted by molar-refractivity contribution is 6.30. The number of hydrogen-bond acceptors (Lipinski definition) is 5. The van der Waals surface area contributed by atoms with E-state index in [4.69, 9.17) is 25.8 Å². The second kappa shape index (κ2) is 8.63. The number of benzene rings is 1. The van der Waals surface area contributed by atoms with Crippen molar-refractivity contribution in [2.24, 2.45) is 0 Å². The number of hydrogen-bond donors (Lipinski definition) is 0. The molecule has 0 spiro atoms. The zero-order valence-corrected chi connectivity index (χ0v) is 15.1. The van der Waals surface area contributed by atoms with Crippen LogP contribution in [0.25, 0.3) is 0 Å². The van der Waals surface area contributed by atoms with Gasteiger partial charge >= 0.3 is 11.9 Å². The Morgan fingerprint density at radius 1 is 1.40 bits per heavy atom. The first-order valence-corrected chi connectivity index (χ1v) is 8.68. The van der Waals surface area contributed by atoms with Crippen LogP contribution < -0.4 is 0 Å². The van der Waals surface area contributed by atoms with Crippen LogP contribution >= 0.6 is 11.6 Å². The molecule has 0 heterocycles. The Balaban J connectivity index is 2.22. The Kier molecular flexibility index (Phi) is 6.79. The Morgan fingerprint density at radius 3 is 2.76 bits per heavy atom. The quantitative estimate of drug-likeness (QED) is 0.564. The van der Waals surface area contributed by atoms with Gasteiger partial charge in [0.15, 0.2) is 5.38 Å². The molecule has 1 aromatic rings. The summed E-state index contributed by atoms with van der Waals surface area (Å²) < 4.78 is 29.8. The normalized spacial score (nSPS) is 24.4. The topological polar surface area (TPSA) is 61.8 Å². The largest absolute Gasteiger partial charge is 0.463 e. The molecule has 0 saturated heterocycles. The van der Waals surface area contributed by atoms with Crippen molar-refractivity contribution in [3.05, 3.63) is 35.6 Å². The van der Waals surface area contributed by atoms with Crippen molar-refractivity contribution in [2.45, 2.75) is 49.7 Å². The van der Waals surface area contributed by atoms with Gasteiger partial charge in [0, 0.05) is 19.1 Å². The van der Waals surface area contributed by atoms with Crippen LogP contribution in [0.2, 0.25) is 0 Å². The predicted octanol–water partition coefficient (Wildman–Crippen LogP) is 3.54. The lowest BCUT2D eigenvalue weighted by Crippen LogP contribution is -2.50. The van der Waals surface area contributed by atoms with Gasteiger partial charge in [-0.05, 0) is 32.3 Å². The van der Waals surface area contributed by atoms with Gasteiger partial charge in [-0.3, -0.25) is 4.79 Å². The maximum absolute atomic E-state index is 13.9. The zero-order chi connectivity index (χ0) is 18.4. The molecule has 1 aromatic carbocycles. The number of rotatable bonds is 6. The summed E-state index contributed by atoms with van der Waals surface area (Å²) in [5.74, 6) is -2.11. The number of halogens is 2. The first kappa shape index (κ1) is 19.7. The number of methoxy groups -OCH3 is 1. The summed E-state index contributed by atoms with van der Waals surface area (Å²) in [6.07, 6.45) is 1.67. The highest BCUT2D eigenvalue weighted by Crippen LogP contribution is 2.37. The minimum Gasteiger partial charge on any atom is -0.463 e. The molecule has 1 fully saturated rings. The molecule has 0 amide bonds. The molecular formula is C18H22ClFO5. The summed E-state index contributed by atoms with van der Waals surface area (Å²) >= 11 is 6.10.